The molecule has 0 aliphatic rings. The van der Waals surface area contributed by atoms with Gasteiger partial charge in [-0.3, -0.25) is 0 Å². The molecule has 2 atom stereocenters. The molecule has 110 valence electrons. The lowest BCUT2D eigenvalue weighted by molar-refractivity contribution is -0.177. The van der Waals surface area contributed by atoms with Crippen molar-refractivity contribution >= 4 is 0 Å². The summed E-state index contributed by atoms with van der Waals surface area (Å²) in [5.74, 6) is 0.484. The maximum atomic E-state index is 11.9. The Morgan fingerprint density at radius 2 is 2.05 bits per heavy atom. The average molecular weight is 281 g/mol. The SMILES string of the molecule is CCNC(C)C(C)c1nc(COCC(F)(F)F)no1. The van der Waals surface area contributed by atoms with E-state index in [1.165, 1.54) is 0 Å². The van der Waals surface area contributed by atoms with Gasteiger partial charge in [-0.1, -0.05) is 19.0 Å². The molecule has 19 heavy (non-hydrogen) atoms. The lowest BCUT2D eigenvalue weighted by atomic mass is 10.0. The Balaban J connectivity index is 2.48. The normalized spacial score (nSPS) is 15.5. The van der Waals surface area contributed by atoms with Crippen LogP contribution in [0.25, 0.3) is 0 Å². The second-order valence-corrected chi connectivity index (χ2v) is 4.29. The van der Waals surface area contributed by atoms with E-state index in [0.29, 0.717) is 5.89 Å². The fraction of sp³-hybridized carbons (Fsp3) is 0.818. The first-order chi connectivity index (χ1) is 8.83. The molecule has 1 N–H and O–H groups in total. The zero-order valence-corrected chi connectivity index (χ0v) is 11.1. The van der Waals surface area contributed by atoms with E-state index in [1.807, 2.05) is 20.8 Å². The highest BCUT2D eigenvalue weighted by Crippen LogP contribution is 2.18. The predicted octanol–water partition coefficient (Wildman–Crippen LogP) is 2.25. The number of nitrogens with one attached hydrogen (secondary N) is 1. The molecule has 0 saturated heterocycles. The van der Waals surface area contributed by atoms with Crippen LogP contribution >= 0.6 is 0 Å². The van der Waals surface area contributed by atoms with Gasteiger partial charge in [-0.15, -0.1) is 0 Å². The Bertz CT molecular complexity index is 382. The number of halogens is 3. The van der Waals surface area contributed by atoms with E-state index in [-0.39, 0.29) is 24.4 Å². The highest BCUT2D eigenvalue weighted by molar-refractivity contribution is 4.95. The molecule has 0 bridgehead atoms. The highest BCUT2D eigenvalue weighted by Gasteiger charge is 2.28. The first kappa shape index (κ1) is 15.9. The van der Waals surface area contributed by atoms with Crippen molar-refractivity contribution in [3.63, 3.8) is 0 Å². The van der Waals surface area contributed by atoms with E-state index in [2.05, 4.69) is 20.2 Å². The smallest absolute Gasteiger partial charge is 0.364 e. The molecule has 1 aromatic heterocycles. The van der Waals surface area contributed by atoms with E-state index >= 15 is 0 Å². The molecule has 1 aromatic rings. The summed E-state index contributed by atoms with van der Waals surface area (Å²) in [5, 5.41) is 6.80. The summed E-state index contributed by atoms with van der Waals surface area (Å²) in [7, 11) is 0. The summed E-state index contributed by atoms with van der Waals surface area (Å²) in [6.45, 7) is 5.03. The zero-order chi connectivity index (χ0) is 14.5. The van der Waals surface area contributed by atoms with Gasteiger partial charge in [0.05, 0.1) is 5.92 Å². The fourth-order valence-corrected chi connectivity index (χ4v) is 1.48. The van der Waals surface area contributed by atoms with Gasteiger partial charge in [0, 0.05) is 6.04 Å². The third kappa shape index (κ3) is 5.56. The van der Waals surface area contributed by atoms with Crippen LogP contribution in [0.3, 0.4) is 0 Å². The van der Waals surface area contributed by atoms with Gasteiger partial charge in [-0.2, -0.15) is 18.2 Å². The second-order valence-electron chi connectivity index (χ2n) is 4.29. The fourth-order valence-electron chi connectivity index (χ4n) is 1.48. The van der Waals surface area contributed by atoms with E-state index < -0.39 is 12.8 Å². The van der Waals surface area contributed by atoms with Crippen LogP contribution in [-0.2, 0) is 11.3 Å². The zero-order valence-electron chi connectivity index (χ0n) is 11.1. The minimum atomic E-state index is -4.35. The number of aromatic nitrogens is 2. The molecule has 2 unspecified atom stereocenters. The van der Waals surface area contributed by atoms with Crippen molar-refractivity contribution in [1.29, 1.82) is 0 Å². The maximum Gasteiger partial charge on any atom is 0.411 e. The summed E-state index contributed by atoms with van der Waals surface area (Å²) in [6, 6.07) is 0.134. The summed E-state index contributed by atoms with van der Waals surface area (Å²) in [5.41, 5.74) is 0. The monoisotopic (exact) mass is 281 g/mol. The van der Waals surface area contributed by atoms with Crippen LogP contribution < -0.4 is 5.32 Å². The van der Waals surface area contributed by atoms with Crippen LogP contribution in [0.4, 0.5) is 13.2 Å². The number of ether oxygens (including phenoxy) is 1. The van der Waals surface area contributed by atoms with Crippen LogP contribution in [0.2, 0.25) is 0 Å². The maximum absolute atomic E-state index is 11.9. The van der Waals surface area contributed by atoms with Gasteiger partial charge in [-0.05, 0) is 13.5 Å². The number of alkyl halides is 3. The molecule has 0 aliphatic heterocycles. The van der Waals surface area contributed by atoms with Crippen LogP contribution in [0.5, 0.6) is 0 Å². The molecule has 1 rings (SSSR count). The van der Waals surface area contributed by atoms with Crippen LogP contribution in [0.1, 0.15) is 38.4 Å². The third-order valence-electron chi connectivity index (χ3n) is 2.65. The lowest BCUT2D eigenvalue weighted by Crippen LogP contribution is -2.30. The molecule has 8 heteroatoms. The van der Waals surface area contributed by atoms with Crippen molar-refractivity contribution in [2.24, 2.45) is 0 Å². The van der Waals surface area contributed by atoms with Crippen molar-refractivity contribution in [2.75, 3.05) is 13.2 Å². The summed E-state index contributed by atoms with van der Waals surface area (Å²) in [4.78, 5) is 4.02. The van der Waals surface area contributed by atoms with Crippen molar-refractivity contribution in [1.82, 2.24) is 15.5 Å². The number of likely N-dealkylation sites (N-methyl/N-ethyl adjacent to an activating group) is 1. The van der Waals surface area contributed by atoms with Gasteiger partial charge in [-0.25, -0.2) is 0 Å². The summed E-state index contributed by atoms with van der Waals surface area (Å²) < 4.78 is 45.1. The number of hydrogen-bond acceptors (Lipinski definition) is 5. The molecular formula is C11H18F3N3O2. The van der Waals surface area contributed by atoms with Gasteiger partial charge in [0.1, 0.15) is 13.2 Å². The first-order valence-corrected chi connectivity index (χ1v) is 6.03. The van der Waals surface area contributed by atoms with Crippen molar-refractivity contribution in [2.45, 2.75) is 45.5 Å². The average Bonchev–Trinajstić information content (AvgIpc) is 2.75. The molecule has 0 saturated carbocycles. The molecule has 0 radical (unpaired) electrons. The Kier molecular flexibility index (Phi) is 5.74. The highest BCUT2D eigenvalue weighted by atomic mass is 19.4. The Morgan fingerprint density at radius 1 is 1.37 bits per heavy atom. The Labute approximate surface area is 109 Å². The number of nitrogens with zero attached hydrogens (tertiary/aromatic N) is 2. The van der Waals surface area contributed by atoms with Crippen molar-refractivity contribution in [3.8, 4) is 0 Å². The largest absolute Gasteiger partial charge is 0.411 e. The van der Waals surface area contributed by atoms with E-state index in [0.717, 1.165) is 6.54 Å². The van der Waals surface area contributed by atoms with Crippen LogP contribution in [-0.4, -0.2) is 35.5 Å². The van der Waals surface area contributed by atoms with Crippen LogP contribution in [0.15, 0.2) is 4.52 Å². The van der Waals surface area contributed by atoms with Crippen LogP contribution in [0, 0.1) is 0 Å². The van der Waals surface area contributed by atoms with Gasteiger partial charge in [0.2, 0.25) is 5.89 Å². The van der Waals surface area contributed by atoms with E-state index in [9.17, 15) is 13.2 Å². The third-order valence-corrected chi connectivity index (χ3v) is 2.65. The summed E-state index contributed by atoms with van der Waals surface area (Å²) >= 11 is 0. The second kappa shape index (κ2) is 6.85. The topological polar surface area (TPSA) is 60.2 Å². The molecule has 0 spiro atoms. The molecule has 1 heterocycles. The minimum Gasteiger partial charge on any atom is -0.364 e. The standard InChI is InChI=1S/C11H18F3N3O2/c1-4-15-8(3)7(2)10-16-9(17-19-10)5-18-6-11(12,13)14/h7-8,15H,4-6H2,1-3H3. The molecule has 0 aliphatic carbocycles. The molecular weight excluding hydrogens is 263 g/mol. The van der Waals surface area contributed by atoms with Gasteiger partial charge in [0.15, 0.2) is 5.82 Å². The first-order valence-electron chi connectivity index (χ1n) is 6.03. The Hall–Kier alpha value is -1.15. The van der Waals surface area contributed by atoms with Gasteiger partial charge in [0.25, 0.3) is 0 Å². The molecule has 5 nitrogen and oxygen atoms in total. The minimum absolute atomic E-state index is 0.0242. The predicted molar refractivity (Wildman–Crippen MR) is 61.6 cm³/mol. The molecule has 0 amide bonds. The van der Waals surface area contributed by atoms with E-state index in [4.69, 9.17) is 4.52 Å². The van der Waals surface area contributed by atoms with E-state index in [1.54, 1.807) is 0 Å². The lowest BCUT2D eigenvalue weighted by Gasteiger charge is -2.16. The molecule has 0 fully saturated rings. The quantitative estimate of drug-likeness (QED) is 0.830. The Morgan fingerprint density at radius 3 is 2.63 bits per heavy atom. The van der Waals surface area contributed by atoms with Gasteiger partial charge < -0.3 is 14.6 Å². The molecule has 0 aromatic carbocycles. The number of rotatable bonds is 7. The number of hydrogen-bond donors (Lipinski definition) is 1. The van der Waals surface area contributed by atoms with Crippen molar-refractivity contribution in [3.05, 3.63) is 11.7 Å². The van der Waals surface area contributed by atoms with Crippen molar-refractivity contribution < 1.29 is 22.4 Å². The summed E-state index contributed by atoms with van der Waals surface area (Å²) in [6.07, 6.45) is -4.35. The van der Waals surface area contributed by atoms with Gasteiger partial charge >= 0.3 is 6.18 Å².